The van der Waals surface area contributed by atoms with Crippen LogP contribution in [0.5, 0.6) is 0 Å². The first-order valence-corrected chi connectivity index (χ1v) is 6.71. The van der Waals surface area contributed by atoms with Crippen molar-refractivity contribution in [1.82, 2.24) is 20.8 Å². The van der Waals surface area contributed by atoms with Gasteiger partial charge in [-0.05, 0) is 5.92 Å². The van der Waals surface area contributed by atoms with E-state index in [-0.39, 0.29) is 18.5 Å². The number of aliphatic hydroxyl groups excluding tert-OH is 1. The normalized spacial score (nSPS) is 13.3. The van der Waals surface area contributed by atoms with Crippen LogP contribution in [-0.2, 0) is 6.54 Å². The summed E-state index contributed by atoms with van der Waals surface area (Å²) in [4.78, 5) is 15.7. The van der Waals surface area contributed by atoms with Crippen LogP contribution in [-0.4, -0.2) is 33.9 Å². The number of rotatable bonds is 6. The van der Waals surface area contributed by atoms with Gasteiger partial charge in [0.25, 0.3) is 0 Å². The van der Waals surface area contributed by atoms with Gasteiger partial charge >= 0.3 is 6.03 Å². The molecule has 0 aliphatic heterocycles. The highest BCUT2D eigenvalue weighted by Gasteiger charge is 2.30. The molecule has 1 unspecified atom stereocenters. The minimum absolute atomic E-state index is 0.136. The molecule has 1 aromatic rings. The first-order chi connectivity index (χ1) is 9.22. The Labute approximate surface area is 119 Å². The lowest BCUT2D eigenvalue weighted by Gasteiger charge is -2.33. The molecule has 20 heavy (non-hydrogen) atoms. The molecule has 0 radical (unpaired) electrons. The summed E-state index contributed by atoms with van der Waals surface area (Å²) >= 11 is 0. The van der Waals surface area contributed by atoms with Gasteiger partial charge in [-0.1, -0.05) is 32.9 Å². The molecule has 0 saturated carbocycles. The molecule has 0 spiro atoms. The van der Waals surface area contributed by atoms with Crippen molar-refractivity contribution in [3.05, 3.63) is 11.7 Å². The van der Waals surface area contributed by atoms with Gasteiger partial charge in [0.2, 0.25) is 5.89 Å². The number of carbonyl (C=O) groups is 1. The quantitative estimate of drug-likeness (QED) is 0.729. The maximum atomic E-state index is 11.7. The fraction of sp³-hybridized carbons (Fsp3) is 0.769. The topological polar surface area (TPSA) is 100 Å². The van der Waals surface area contributed by atoms with E-state index in [0.29, 0.717) is 18.3 Å². The predicted octanol–water partition coefficient (Wildman–Crippen LogP) is 1.22. The summed E-state index contributed by atoms with van der Waals surface area (Å²) in [7, 11) is 0. The van der Waals surface area contributed by atoms with E-state index in [1.165, 1.54) is 0 Å². The molecule has 7 nitrogen and oxygen atoms in total. The van der Waals surface area contributed by atoms with Crippen molar-refractivity contribution >= 4 is 6.03 Å². The summed E-state index contributed by atoms with van der Waals surface area (Å²) in [6, 6.07) is -0.323. The van der Waals surface area contributed by atoms with Crippen molar-refractivity contribution in [3.8, 4) is 0 Å². The van der Waals surface area contributed by atoms with Crippen LogP contribution in [0.4, 0.5) is 4.79 Å². The Kier molecular flexibility index (Phi) is 5.50. The van der Waals surface area contributed by atoms with Crippen LogP contribution in [0.25, 0.3) is 0 Å². The van der Waals surface area contributed by atoms with Crippen LogP contribution in [0.1, 0.15) is 39.4 Å². The molecule has 0 bridgehead atoms. The van der Waals surface area contributed by atoms with E-state index < -0.39 is 11.5 Å². The van der Waals surface area contributed by atoms with Gasteiger partial charge in [-0.3, -0.25) is 0 Å². The third-order valence-corrected chi connectivity index (χ3v) is 3.11. The summed E-state index contributed by atoms with van der Waals surface area (Å²) in [5.74, 6) is 1.03. The number of urea groups is 1. The number of hydrogen-bond acceptors (Lipinski definition) is 5. The zero-order valence-electron chi connectivity index (χ0n) is 12.7. The molecule has 0 aromatic carbocycles. The van der Waals surface area contributed by atoms with Crippen molar-refractivity contribution in [1.29, 1.82) is 0 Å². The van der Waals surface area contributed by atoms with Gasteiger partial charge in [-0.2, -0.15) is 4.98 Å². The van der Waals surface area contributed by atoms with Crippen LogP contribution in [0.15, 0.2) is 4.52 Å². The van der Waals surface area contributed by atoms with Crippen LogP contribution in [0.2, 0.25) is 0 Å². The predicted molar refractivity (Wildman–Crippen MR) is 73.9 cm³/mol. The van der Waals surface area contributed by atoms with Gasteiger partial charge in [0.15, 0.2) is 5.82 Å². The Hall–Kier alpha value is -1.63. The third-order valence-electron chi connectivity index (χ3n) is 3.11. The summed E-state index contributed by atoms with van der Waals surface area (Å²) in [5.41, 5.74) is -0.395. The molecule has 0 aliphatic carbocycles. The zero-order valence-corrected chi connectivity index (χ0v) is 12.7. The van der Waals surface area contributed by atoms with E-state index in [1.54, 1.807) is 6.92 Å². The number of aliphatic hydroxyl groups is 1. The summed E-state index contributed by atoms with van der Waals surface area (Å²) in [5, 5.41) is 19.1. The average molecular weight is 284 g/mol. The number of aryl methyl sites for hydroxylation is 1. The highest BCUT2D eigenvalue weighted by Crippen LogP contribution is 2.24. The molecular formula is C13H24N4O3. The Morgan fingerprint density at radius 1 is 1.40 bits per heavy atom. The molecule has 0 saturated heterocycles. The standard InChI is InChI=1S/C13H24N4O3/c1-8(2)11(18)13(4,5)7-15-12(19)14-6-10-16-9(3)20-17-10/h8,11,18H,6-7H2,1-5H3,(H2,14,15,19). The molecule has 1 heterocycles. The Balaban J connectivity index is 2.36. The zero-order chi connectivity index (χ0) is 15.3. The minimum Gasteiger partial charge on any atom is -0.392 e. The molecule has 1 atom stereocenters. The van der Waals surface area contributed by atoms with Gasteiger partial charge in [0.05, 0.1) is 12.6 Å². The molecule has 1 aromatic heterocycles. The Morgan fingerprint density at radius 3 is 2.55 bits per heavy atom. The van der Waals surface area contributed by atoms with Gasteiger partial charge in [-0.15, -0.1) is 0 Å². The summed E-state index contributed by atoms with van der Waals surface area (Å²) < 4.78 is 4.80. The van der Waals surface area contributed by atoms with E-state index in [0.717, 1.165) is 0 Å². The number of nitrogens with zero attached hydrogens (tertiary/aromatic N) is 2. The average Bonchev–Trinajstić information content (AvgIpc) is 2.78. The third kappa shape index (κ3) is 4.80. The summed E-state index contributed by atoms with van der Waals surface area (Å²) in [6.45, 7) is 10.0. The lowest BCUT2D eigenvalue weighted by atomic mass is 9.81. The van der Waals surface area contributed by atoms with E-state index in [9.17, 15) is 9.90 Å². The van der Waals surface area contributed by atoms with Crippen LogP contribution < -0.4 is 10.6 Å². The van der Waals surface area contributed by atoms with Gasteiger partial charge in [-0.25, -0.2) is 4.79 Å². The number of amides is 2. The van der Waals surface area contributed by atoms with Gasteiger partial charge < -0.3 is 20.3 Å². The number of nitrogens with one attached hydrogen (secondary N) is 2. The van der Waals surface area contributed by atoms with Gasteiger partial charge in [0.1, 0.15) is 0 Å². The fourth-order valence-electron chi connectivity index (χ4n) is 1.95. The van der Waals surface area contributed by atoms with E-state index >= 15 is 0 Å². The molecular weight excluding hydrogens is 260 g/mol. The monoisotopic (exact) mass is 284 g/mol. The Bertz CT molecular complexity index is 443. The van der Waals surface area contributed by atoms with E-state index in [4.69, 9.17) is 4.52 Å². The second-order valence-corrected chi connectivity index (χ2v) is 5.94. The lowest BCUT2D eigenvalue weighted by Crippen LogP contribution is -2.46. The fourth-order valence-corrected chi connectivity index (χ4v) is 1.95. The lowest BCUT2D eigenvalue weighted by molar-refractivity contribution is 0.0151. The molecule has 0 aliphatic rings. The van der Waals surface area contributed by atoms with E-state index in [2.05, 4.69) is 20.8 Å². The SMILES string of the molecule is Cc1nc(CNC(=O)NCC(C)(C)C(O)C(C)C)no1. The van der Waals surface area contributed by atoms with Crippen molar-refractivity contribution < 1.29 is 14.4 Å². The Morgan fingerprint density at radius 2 is 2.05 bits per heavy atom. The number of carbonyl (C=O) groups excluding carboxylic acids is 1. The van der Waals surface area contributed by atoms with Crippen molar-refractivity contribution in [3.63, 3.8) is 0 Å². The molecule has 114 valence electrons. The number of hydrogen-bond donors (Lipinski definition) is 3. The van der Waals surface area contributed by atoms with Crippen LogP contribution in [0.3, 0.4) is 0 Å². The van der Waals surface area contributed by atoms with Crippen LogP contribution >= 0.6 is 0 Å². The van der Waals surface area contributed by atoms with Crippen molar-refractivity contribution in [2.45, 2.75) is 47.3 Å². The minimum atomic E-state index is -0.484. The molecule has 3 N–H and O–H groups in total. The van der Waals surface area contributed by atoms with Crippen LogP contribution in [0, 0.1) is 18.3 Å². The first kappa shape index (κ1) is 16.4. The highest BCUT2D eigenvalue weighted by molar-refractivity contribution is 5.73. The second-order valence-electron chi connectivity index (χ2n) is 5.94. The van der Waals surface area contributed by atoms with Crippen molar-refractivity contribution in [2.75, 3.05) is 6.54 Å². The number of aromatic nitrogens is 2. The van der Waals surface area contributed by atoms with E-state index in [1.807, 2.05) is 27.7 Å². The molecule has 2 amide bonds. The van der Waals surface area contributed by atoms with Gasteiger partial charge in [0, 0.05) is 18.9 Å². The first-order valence-electron chi connectivity index (χ1n) is 6.71. The molecule has 0 fully saturated rings. The second kappa shape index (κ2) is 6.69. The van der Waals surface area contributed by atoms with Crippen molar-refractivity contribution in [2.24, 2.45) is 11.3 Å². The highest BCUT2D eigenvalue weighted by atomic mass is 16.5. The smallest absolute Gasteiger partial charge is 0.315 e. The maximum Gasteiger partial charge on any atom is 0.315 e. The maximum absolute atomic E-state index is 11.7. The molecule has 1 rings (SSSR count). The largest absolute Gasteiger partial charge is 0.392 e. The molecule has 7 heteroatoms. The summed E-state index contributed by atoms with van der Waals surface area (Å²) in [6.07, 6.45) is -0.484.